The monoisotopic (exact) mass is 943 g/mol. The predicted octanol–water partition coefficient (Wildman–Crippen LogP) is 8.49. The van der Waals surface area contributed by atoms with Crippen LogP contribution in [0.25, 0.3) is 21.1 Å². The van der Waals surface area contributed by atoms with Crippen molar-refractivity contribution in [3.05, 3.63) is 123 Å². The zero-order valence-corrected chi connectivity index (χ0v) is 39.1. The molecule has 0 spiro atoms. The molecule has 65 heavy (non-hydrogen) atoms. The quantitative estimate of drug-likeness (QED) is 0.0795. The number of likely N-dealkylation sites (tertiary alicyclic amines) is 1. The Balaban J connectivity index is 0.000000215. The van der Waals surface area contributed by atoms with E-state index in [1.807, 2.05) is 81.4 Å². The number of hydrogen-bond acceptors (Lipinski definition) is 13. The van der Waals surface area contributed by atoms with E-state index in [0.29, 0.717) is 59.3 Å². The second-order valence-corrected chi connectivity index (χ2v) is 17.9. The molecule has 342 valence electrons. The maximum Gasteiger partial charge on any atom is 0.309 e. The first-order valence-electron chi connectivity index (χ1n) is 21.1. The lowest BCUT2D eigenvalue weighted by Gasteiger charge is -2.36. The number of nitrogens with zero attached hydrogens (tertiary/aromatic N) is 7. The highest BCUT2D eigenvalue weighted by Crippen LogP contribution is 2.35. The van der Waals surface area contributed by atoms with E-state index < -0.39 is 23.8 Å². The van der Waals surface area contributed by atoms with Gasteiger partial charge in [0.25, 0.3) is 11.8 Å². The molecule has 2 amide bonds. The molecule has 3 heterocycles. The third-order valence-corrected chi connectivity index (χ3v) is 12.9. The molecule has 6 aromatic rings. The summed E-state index contributed by atoms with van der Waals surface area (Å²) < 4.78 is 20.0. The van der Waals surface area contributed by atoms with Crippen LogP contribution in [0.15, 0.2) is 78.9 Å². The van der Waals surface area contributed by atoms with Gasteiger partial charge in [0, 0.05) is 49.4 Å². The lowest BCUT2D eigenvalue weighted by molar-refractivity contribution is -0.147. The summed E-state index contributed by atoms with van der Waals surface area (Å²) in [5, 5.41) is 46.8. The summed E-state index contributed by atoms with van der Waals surface area (Å²) in [6.07, 6.45) is 0.916. The maximum atomic E-state index is 14.3. The standard InChI is InChI=1S/C25H31N3O4S.C22H20ClFN4O3S/c1-5-6-11-28(24(31)21-10-8-7-9-16(21)2)25-27-26-23(33-25)19-12-17(3)22(18(4)13-19)32-15-20(30)14-29;1-2-28(20(29)16-4-3-5-17(23)18(16)24)22-26-25-19(32-22)14-8-6-13(7-9-14)10-27-11-15(12-27)21(30)31/h7-10,12-13,20,29-30H,5-6,11,14-15H2,1-4H3;3-9,15H,2,10-12H2,1H3,(H,30,31). The second kappa shape index (κ2) is 22.5. The van der Waals surface area contributed by atoms with E-state index in [1.54, 1.807) is 11.8 Å². The number of aromatic nitrogens is 4. The highest BCUT2D eigenvalue weighted by molar-refractivity contribution is 7.19. The number of anilines is 2. The number of halogens is 2. The van der Waals surface area contributed by atoms with Crippen LogP contribution in [0.4, 0.5) is 14.7 Å². The third-order valence-electron chi connectivity index (χ3n) is 10.6. The normalized spacial score (nSPS) is 13.1. The average molecular weight is 945 g/mol. The highest BCUT2D eigenvalue weighted by Gasteiger charge is 2.32. The summed E-state index contributed by atoms with van der Waals surface area (Å²) in [5.74, 6) is -1.70. The number of aryl methyl sites for hydroxylation is 3. The predicted molar refractivity (Wildman–Crippen MR) is 252 cm³/mol. The van der Waals surface area contributed by atoms with E-state index in [2.05, 4.69) is 32.2 Å². The van der Waals surface area contributed by atoms with Crippen LogP contribution in [0.5, 0.6) is 5.75 Å². The molecule has 1 saturated heterocycles. The molecule has 1 atom stereocenters. The number of carbonyl (C=O) groups excluding carboxylic acids is 2. The van der Waals surface area contributed by atoms with Crippen molar-refractivity contribution < 1.29 is 38.8 Å². The van der Waals surface area contributed by atoms with Gasteiger partial charge >= 0.3 is 5.97 Å². The van der Waals surface area contributed by atoms with Gasteiger partial charge in [-0.2, -0.15) is 0 Å². The molecular formula is C47H51ClFN7O7S2. The number of carboxylic acids is 1. The molecule has 1 unspecified atom stereocenters. The fourth-order valence-corrected chi connectivity index (χ4v) is 8.96. The van der Waals surface area contributed by atoms with Crippen LogP contribution < -0.4 is 14.5 Å². The van der Waals surface area contributed by atoms with E-state index in [1.165, 1.54) is 45.8 Å². The number of benzene rings is 4. The zero-order valence-electron chi connectivity index (χ0n) is 36.7. The van der Waals surface area contributed by atoms with Crippen molar-refractivity contribution in [2.75, 3.05) is 49.2 Å². The minimum absolute atomic E-state index is 0.0217. The molecule has 18 heteroatoms. The van der Waals surface area contributed by atoms with Gasteiger partial charge in [-0.05, 0) is 86.7 Å². The van der Waals surface area contributed by atoms with Crippen LogP contribution in [0.3, 0.4) is 0 Å². The molecule has 3 N–H and O–H groups in total. The molecule has 1 aliphatic rings. The number of carboxylic acid groups (broad SMARTS) is 1. The Morgan fingerprint density at radius 2 is 1.43 bits per heavy atom. The Hall–Kier alpha value is -5.69. The first-order chi connectivity index (χ1) is 31.2. The van der Waals surface area contributed by atoms with Crippen molar-refractivity contribution in [3.63, 3.8) is 0 Å². The molecule has 0 bridgehead atoms. The zero-order chi connectivity index (χ0) is 46.8. The average Bonchev–Trinajstić information content (AvgIpc) is 3.97. The number of hydrogen-bond donors (Lipinski definition) is 3. The minimum atomic E-state index is -0.922. The van der Waals surface area contributed by atoms with E-state index >= 15 is 0 Å². The van der Waals surface area contributed by atoms with Crippen molar-refractivity contribution >= 4 is 62.3 Å². The maximum absolute atomic E-state index is 14.3. The lowest BCUT2D eigenvalue weighted by Crippen LogP contribution is -2.49. The molecule has 7 rings (SSSR count). The smallest absolute Gasteiger partial charge is 0.309 e. The number of aliphatic hydroxyl groups is 2. The number of carbonyl (C=O) groups is 3. The Bertz CT molecular complexity index is 2580. The Labute approximate surface area is 389 Å². The van der Waals surface area contributed by atoms with E-state index in [4.69, 9.17) is 26.6 Å². The summed E-state index contributed by atoms with van der Waals surface area (Å²) in [4.78, 5) is 42.3. The van der Waals surface area contributed by atoms with Crippen LogP contribution >= 0.6 is 34.3 Å². The second-order valence-electron chi connectivity index (χ2n) is 15.6. The number of aliphatic carboxylic acids is 1. The fourth-order valence-electron chi connectivity index (χ4n) is 7.02. The minimum Gasteiger partial charge on any atom is -0.490 e. The first-order valence-corrected chi connectivity index (χ1v) is 23.1. The Kier molecular flexibility index (Phi) is 16.9. The summed E-state index contributed by atoms with van der Waals surface area (Å²) in [5.41, 5.74) is 6.09. The fraction of sp³-hybridized carbons (Fsp3) is 0.340. The van der Waals surface area contributed by atoms with Crippen molar-refractivity contribution in [2.45, 2.75) is 60.1 Å². The SMILES string of the molecule is CCCCN(C(=O)c1ccccc1C)c1nnc(-c2cc(C)c(OCC(O)CO)c(C)c2)s1.CCN(C(=O)c1cccc(Cl)c1F)c1nnc(-c2ccc(CN3CC(C(=O)O)C3)cc2)s1. The number of amides is 2. The molecule has 1 fully saturated rings. The van der Waals surface area contributed by atoms with Gasteiger partial charge in [-0.3, -0.25) is 29.1 Å². The van der Waals surface area contributed by atoms with Gasteiger partial charge in [0.05, 0.1) is 23.1 Å². The molecule has 1 aliphatic heterocycles. The molecular weight excluding hydrogens is 893 g/mol. The molecule has 14 nitrogen and oxygen atoms in total. The number of ether oxygens (including phenoxy) is 1. The van der Waals surface area contributed by atoms with Crippen LogP contribution in [-0.2, 0) is 11.3 Å². The first kappa shape index (κ1) is 48.8. The summed E-state index contributed by atoms with van der Waals surface area (Å²) >= 11 is 8.44. The van der Waals surface area contributed by atoms with Gasteiger partial charge in [0.1, 0.15) is 28.5 Å². The van der Waals surface area contributed by atoms with Crippen molar-refractivity contribution in [3.8, 4) is 26.9 Å². The molecule has 0 radical (unpaired) electrons. The molecule has 4 aromatic carbocycles. The van der Waals surface area contributed by atoms with Gasteiger partial charge in [-0.15, -0.1) is 20.4 Å². The van der Waals surface area contributed by atoms with Crippen LogP contribution in [0, 0.1) is 32.5 Å². The highest BCUT2D eigenvalue weighted by atomic mass is 35.5. The number of unbranched alkanes of at least 4 members (excludes halogenated alkanes) is 1. The largest absolute Gasteiger partial charge is 0.490 e. The van der Waals surface area contributed by atoms with Crippen LogP contribution in [0.2, 0.25) is 5.02 Å². The van der Waals surface area contributed by atoms with Gasteiger partial charge in [-0.25, -0.2) is 4.39 Å². The van der Waals surface area contributed by atoms with E-state index in [0.717, 1.165) is 51.2 Å². The summed E-state index contributed by atoms with van der Waals surface area (Å²) in [7, 11) is 0. The topological polar surface area (TPSA) is 182 Å². The van der Waals surface area contributed by atoms with Gasteiger partial charge < -0.3 is 20.1 Å². The van der Waals surface area contributed by atoms with Gasteiger partial charge in [0.2, 0.25) is 10.3 Å². The van der Waals surface area contributed by atoms with E-state index in [-0.39, 0.29) is 35.6 Å². The van der Waals surface area contributed by atoms with Crippen molar-refractivity contribution in [1.29, 1.82) is 0 Å². The van der Waals surface area contributed by atoms with Gasteiger partial charge in [-0.1, -0.05) is 96.2 Å². The number of rotatable bonds is 17. The van der Waals surface area contributed by atoms with E-state index in [9.17, 15) is 23.9 Å². The Morgan fingerprint density at radius 3 is 2.03 bits per heavy atom. The van der Waals surface area contributed by atoms with Gasteiger partial charge in [0.15, 0.2) is 5.82 Å². The molecule has 2 aromatic heterocycles. The van der Waals surface area contributed by atoms with Crippen LogP contribution in [0.1, 0.15) is 69.7 Å². The van der Waals surface area contributed by atoms with Crippen molar-refractivity contribution in [2.24, 2.45) is 5.92 Å². The summed E-state index contributed by atoms with van der Waals surface area (Å²) in [6.45, 7) is 12.0. The number of aliphatic hydroxyl groups excluding tert-OH is 2. The van der Waals surface area contributed by atoms with Crippen LogP contribution in [-0.4, -0.2) is 104 Å². The van der Waals surface area contributed by atoms with Crippen molar-refractivity contribution in [1.82, 2.24) is 25.3 Å². The molecule has 0 aliphatic carbocycles. The summed E-state index contributed by atoms with van der Waals surface area (Å²) in [6, 6.07) is 23.6. The third kappa shape index (κ3) is 12.0. The Morgan fingerprint density at radius 1 is 0.831 bits per heavy atom. The lowest BCUT2D eigenvalue weighted by atomic mass is 9.99. The molecule has 0 saturated carbocycles.